The molecule has 1 aliphatic heterocycles. The number of amides is 2. The fourth-order valence-corrected chi connectivity index (χ4v) is 3.36. The zero-order chi connectivity index (χ0) is 16.9. The van der Waals surface area contributed by atoms with Gasteiger partial charge in [0, 0.05) is 31.6 Å². The zero-order valence-corrected chi connectivity index (χ0v) is 13.8. The van der Waals surface area contributed by atoms with E-state index in [0.29, 0.717) is 18.2 Å². The van der Waals surface area contributed by atoms with Crippen LogP contribution in [0.2, 0.25) is 0 Å². The van der Waals surface area contributed by atoms with Crippen molar-refractivity contribution in [2.24, 2.45) is 7.05 Å². The van der Waals surface area contributed by atoms with E-state index in [0.717, 1.165) is 19.4 Å². The predicted octanol–water partition coefficient (Wildman–Crippen LogP) is 0.206. The van der Waals surface area contributed by atoms with Gasteiger partial charge in [-0.3, -0.25) is 20.4 Å². The summed E-state index contributed by atoms with van der Waals surface area (Å²) in [5.74, 6) is -0.477. The summed E-state index contributed by atoms with van der Waals surface area (Å²) in [6.45, 7) is 1.32. The first kappa shape index (κ1) is 16.3. The standard InChI is InChI=1S/C18H22N4O2/c1-21-11-5-9-15(21)16-10-6-12-22(16)13-17(23)19-20-18(24)14-7-3-2-4-8-14/h2-5,7-9,11,16H,6,10,12-13H2,1H3,(H,19,23)(H,20,24)/p+1/t16-/m1/s1. The molecule has 1 fully saturated rings. The van der Waals surface area contributed by atoms with Gasteiger partial charge in [0.25, 0.3) is 11.8 Å². The number of carbonyl (C=O) groups is 2. The SMILES string of the molecule is Cn1cccc1[C@H]1CCC[NH+]1CC(=O)NNC(=O)c1ccccc1. The van der Waals surface area contributed by atoms with E-state index in [1.165, 1.54) is 10.6 Å². The van der Waals surface area contributed by atoms with E-state index in [1.54, 1.807) is 24.3 Å². The molecule has 0 aliphatic carbocycles. The number of hydrazine groups is 1. The fraction of sp³-hybridized carbons (Fsp3) is 0.333. The van der Waals surface area contributed by atoms with Crippen LogP contribution in [0.3, 0.4) is 0 Å². The number of aryl methyl sites for hydroxylation is 1. The van der Waals surface area contributed by atoms with Crippen molar-refractivity contribution in [2.45, 2.75) is 18.9 Å². The highest BCUT2D eigenvalue weighted by molar-refractivity contribution is 5.95. The monoisotopic (exact) mass is 327 g/mol. The second kappa shape index (κ2) is 7.31. The Morgan fingerprint density at radius 1 is 1.17 bits per heavy atom. The van der Waals surface area contributed by atoms with Crippen molar-refractivity contribution >= 4 is 11.8 Å². The summed E-state index contributed by atoms with van der Waals surface area (Å²) >= 11 is 0. The van der Waals surface area contributed by atoms with Gasteiger partial charge in [0.15, 0.2) is 6.54 Å². The van der Waals surface area contributed by atoms with Crippen LogP contribution >= 0.6 is 0 Å². The molecule has 1 saturated heterocycles. The Morgan fingerprint density at radius 3 is 2.67 bits per heavy atom. The molecule has 24 heavy (non-hydrogen) atoms. The van der Waals surface area contributed by atoms with Crippen LogP contribution in [-0.2, 0) is 11.8 Å². The number of hydrogen-bond acceptors (Lipinski definition) is 2. The van der Waals surface area contributed by atoms with Crippen LogP contribution in [0.15, 0.2) is 48.7 Å². The molecule has 2 atom stereocenters. The van der Waals surface area contributed by atoms with Gasteiger partial charge in [-0.2, -0.15) is 0 Å². The fourth-order valence-electron chi connectivity index (χ4n) is 3.36. The molecule has 1 unspecified atom stereocenters. The largest absolute Gasteiger partial charge is 0.350 e. The Morgan fingerprint density at radius 2 is 1.96 bits per heavy atom. The van der Waals surface area contributed by atoms with Crippen molar-refractivity contribution in [2.75, 3.05) is 13.1 Å². The molecule has 0 spiro atoms. The number of nitrogens with one attached hydrogen (secondary N) is 3. The number of benzene rings is 1. The second-order valence-electron chi connectivity index (χ2n) is 6.19. The summed E-state index contributed by atoms with van der Waals surface area (Å²) in [6.07, 6.45) is 4.22. The predicted molar refractivity (Wildman–Crippen MR) is 90.1 cm³/mol. The Labute approximate surface area is 141 Å². The minimum absolute atomic E-state index is 0.171. The maximum absolute atomic E-state index is 12.2. The van der Waals surface area contributed by atoms with Crippen molar-refractivity contribution < 1.29 is 14.5 Å². The molecule has 6 nitrogen and oxygen atoms in total. The Kier molecular flexibility index (Phi) is 4.96. The topological polar surface area (TPSA) is 67.6 Å². The van der Waals surface area contributed by atoms with Crippen LogP contribution in [-0.4, -0.2) is 29.5 Å². The van der Waals surface area contributed by atoms with Gasteiger partial charge in [-0.15, -0.1) is 0 Å². The molecule has 1 aromatic carbocycles. The Balaban J connectivity index is 1.53. The van der Waals surface area contributed by atoms with Crippen LogP contribution < -0.4 is 15.8 Å². The van der Waals surface area contributed by atoms with Crippen LogP contribution in [0.4, 0.5) is 0 Å². The van der Waals surface area contributed by atoms with Crippen molar-refractivity contribution in [3.63, 3.8) is 0 Å². The van der Waals surface area contributed by atoms with Crippen molar-refractivity contribution in [1.82, 2.24) is 15.4 Å². The maximum Gasteiger partial charge on any atom is 0.293 e. The van der Waals surface area contributed by atoms with Gasteiger partial charge in [-0.25, -0.2) is 0 Å². The van der Waals surface area contributed by atoms with Crippen molar-refractivity contribution in [3.05, 3.63) is 59.9 Å². The number of carbonyl (C=O) groups excluding carboxylic acids is 2. The number of quaternary nitrogens is 1. The molecule has 3 N–H and O–H groups in total. The average molecular weight is 327 g/mol. The molecule has 2 heterocycles. The third-order valence-electron chi connectivity index (χ3n) is 4.56. The van der Waals surface area contributed by atoms with E-state index in [4.69, 9.17) is 0 Å². The highest BCUT2D eigenvalue weighted by atomic mass is 16.2. The molecule has 0 saturated carbocycles. The van der Waals surface area contributed by atoms with Crippen LogP contribution in [0.25, 0.3) is 0 Å². The lowest BCUT2D eigenvalue weighted by atomic mass is 10.1. The third-order valence-corrected chi connectivity index (χ3v) is 4.56. The summed E-state index contributed by atoms with van der Waals surface area (Å²) in [5, 5.41) is 0. The van der Waals surface area contributed by atoms with Gasteiger partial charge < -0.3 is 9.47 Å². The van der Waals surface area contributed by atoms with E-state index in [-0.39, 0.29) is 11.8 Å². The van der Waals surface area contributed by atoms with Gasteiger partial charge >= 0.3 is 0 Å². The van der Waals surface area contributed by atoms with Gasteiger partial charge in [-0.1, -0.05) is 18.2 Å². The summed E-state index contributed by atoms with van der Waals surface area (Å²) < 4.78 is 2.12. The molecule has 0 bridgehead atoms. The molecule has 3 rings (SSSR count). The number of nitrogens with zero attached hydrogens (tertiary/aromatic N) is 1. The quantitative estimate of drug-likeness (QED) is 0.703. The molecular weight excluding hydrogens is 304 g/mol. The number of rotatable bonds is 4. The van der Waals surface area contributed by atoms with Gasteiger partial charge in [0.05, 0.1) is 12.2 Å². The lowest BCUT2D eigenvalue weighted by Gasteiger charge is -2.21. The lowest BCUT2D eigenvalue weighted by Crippen LogP contribution is -3.11. The minimum Gasteiger partial charge on any atom is -0.350 e. The normalized spacial score (nSPS) is 19.9. The average Bonchev–Trinajstić information content (AvgIpc) is 3.22. The van der Waals surface area contributed by atoms with E-state index in [1.807, 2.05) is 25.4 Å². The molecule has 0 radical (unpaired) electrons. The first-order valence-electron chi connectivity index (χ1n) is 8.25. The van der Waals surface area contributed by atoms with Crippen LogP contribution in [0, 0.1) is 0 Å². The highest BCUT2D eigenvalue weighted by Crippen LogP contribution is 2.18. The highest BCUT2D eigenvalue weighted by Gasteiger charge is 2.32. The summed E-state index contributed by atoms with van der Waals surface area (Å²) in [7, 11) is 2.03. The number of likely N-dealkylation sites (tertiary alicyclic amines) is 1. The Hall–Kier alpha value is -2.60. The molecule has 126 valence electrons. The maximum atomic E-state index is 12.2. The molecular formula is C18H23N4O2+. The van der Waals surface area contributed by atoms with Crippen molar-refractivity contribution in [1.29, 1.82) is 0 Å². The Bertz CT molecular complexity index is 711. The van der Waals surface area contributed by atoms with Gasteiger partial charge in [0.1, 0.15) is 6.04 Å². The summed E-state index contributed by atoms with van der Waals surface area (Å²) in [5.41, 5.74) is 6.77. The first-order valence-corrected chi connectivity index (χ1v) is 8.25. The van der Waals surface area contributed by atoms with Gasteiger partial charge in [0.2, 0.25) is 0 Å². The second-order valence-corrected chi connectivity index (χ2v) is 6.19. The van der Waals surface area contributed by atoms with E-state index in [2.05, 4.69) is 21.5 Å². The molecule has 2 aromatic rings. The molecule has 2 amide bonds. The zero-order valence-electron chi connectivity index (χ0n) is 13.8. The van der Waals surface area contributed by atoms with E-state index >= 15 is 0 Å². The van der Waals surface area contributed by atoms with Crippen molar-refractivity contribution in [3.8, 4) is 0 Å². The lowest BCUT2D eigenvalue weighted by molar-refractivity contribution is -0.911. The first-order chi connectivity index (χ1) is 11.6. The third kappa shape index (κ3) is 3.65. The van der Waals surface area contributed by atoms with Crippen LogP contribution in [0.1, 0.15) is 34.9 Å². The summed E-state index contributed by atoms with van der Waals surface area (Å²) in [6, 6.07) is 13.3. The van der Waals surface area contributed by atoms with E-state index in [9.17, 15) is 9.59 Å². The molecule has 1 aliphatic rings. The number of aromatic nitrogens is 1. The number of hydrogen-bond donors (Lipinski definition) is 3. The molecule has 1 aromatic heterocycles. The molecule has 6 heteroatoms. The summed E-state index contributed by atoms with van der Waals surface area (Å²) in [4.78, 5) is 25.4. The van der Waals surface area contributed by atoms with Crippen LogP contribution in [0.5, 0.6) is 0 Å². The minimum atomic E-state index is -0.306. The smallest absolute Gasteiger partial charge is 0.293 e. The van der Waals surface area contributed by atoms with E-state index < -0.39 is 0 Å². The van der Waals surface area contributed by atoms with Gasteiger partial charge in [-0.05, 0) is 24.3 Å².